The maximum absolute atomic E-state index is 10.6. The third-order valence-electron chi connectivity index (χ3n) is 1.39. The van der Waals surface area contributed by atoms with Gasteiger partial charge in [-0.25, -0.2) is 0 Å². The zero-order valence-corrected chi connectivity index (χ0v) is 8.36. The van der Waals surface area contributed by atoms with E-state index in [-0.39, 0.29) is 5.97 Å². The number of carbonyl (C=O) groups is 1. The molecule has 0 spiro atoms. The van der Waals surface area contributed by atoms with Crippen LogP contribution in [0.1, 0.15) is 19.3 Å². The third-order valence-corrected chi connectivity index (χ3v) is 2.54. The molecule has 0 aliphatic rings. The molecule has 0 amide bonds. The van der Waals surface area contributed by atoms with Gasteiger partial charge in [-0.05, 0) is 30.9 Å². The highest BCUT2D eigenvalue weighted by Gasteiger charge is 1.98. The van der Waals surface area contributed by atoms with Gasteiger partial charge in [0.1, 0.15) is 0 Å². The van der Waals surface area contributed by atoms with E-state index in [0.29, 0.717) is 6.42 Å². The first-order valence-corrected chi connectivity index (χ1v) is 5.31. The quantitative estimate of drug-likeness (QED) is 0.482. The lowest BCUT2D eigenvalue weighted by Crippen LogP contribution is -2.02. The number of ether oxygens (including phenoxy) is 1. The lowest BCUT2D eigenvalue weighted by Gasteiger charge is -1.99. The van der Waals surface area contributed by atoms with Gasteiger partial charge in [0.05, 0.1) is 7.11 Å². The Bertz CT molecular complexity index is 120. The summed E-state index contributed by atoms with van der Waals surface area (Å²) in [6.45, 7) is 0.754. The number of rotatable bonds is 7. The van der Waals surface area contributed by atoms with Gasteiger partial charge in [-0.15, -0.1) is 0 Å². The van der Waals surface area contributed by atoms with Crippen LogP contribution in [-0.2, 0) is 9.53 Å². The van der Waals surface area contributed by atoms with E-state index in [9.17, 15) is 4.79 Å². The molecule has 0 fully saturated rings. The Balaban J connectivity index is 2.95. The molecule has 12 heavy (non-hydrogen) atoms. The van der Waals surface area contributed by atoms with E-state index in [0.717, 1.165) is 30.9 Å². The topological polar surface area (TPSA) is 52.3 Å². The first kappa shape index (κ1) is 11.8. The van der Waals surface area contributed by atoms with E-state index in [4.69, 9.17) is 5.73 Å². The molecule has 0 heterocycles. The van der Waals surface area contributed by atoms with E-state index in [1.165, 1.54) is 7.11 Å². The van der Waals surface area contributed by atoms with Crippen molar-refractivity contribution in [3.05, 3.63) is 0 Å². The molecule has 2 N–H and O–H groups in total. The number of methoxy groups -OCH3 is 1. The Morgan fingerprint density at radius 2 is 2.08 bits per heavy atom. The minimum absolute atomic E-state index is 0.116. The highest BCUT2D eigenvalue weighted by molar-refractivity contribution is 7.99. The Labute approximate surface area is 78.0 Å². The highest BCUT2D eigenvalue weighted by Crippen LogP contribution is 2.05. The number of nitrogens with two attached hydrogens (primary N) is 1. The Kier molecular flexibility index (Phi) is 8.71. The van der Waals surface area contributed by atoms with E-state index in [1.54, 1.807) is 0 Å². The van der Waals surface area contributed by atoms with Crippen LogP contribution < -0.4 is 5.73 Å². The summed E-state index contributed by atoms with van der Waals surface area (Å²) in [7, 11) is 1.42. The summed E-state index contributed by atoms with van der Waals surface area (Å²) in [5.41, 5.74) is 5.33. The van der Waals surface area contributed by atoms with Crippen LogP contribution in [0.3, 0.4) is 0 Å². The third kappa shape index (κ3) is 7.88. The van der Waals surface area contributed by atoms with Crippen LogP contribution in [0.4, 0.5) is 0 Å². The molecule has 0 aromatic carbocycles. The number of hydrogen-bond donors (Lipinski definition) is 1. The molecule has 3 nitrogen and oxygen atoms in total. The molecule has 0 aliphatic carbocycles. The second kappa shape index (κ2) is 8.87. The van der Waals surface area contributed by atoms with Crippen molar-refractivity contribution in [1.29, 1.82) is 0 Å². The predicted molar refractivity (Wildman–Crippen MR) is 52.2 cm³/mol. The van der Waals surface area contributed by atoms with Gasteiger partial charge in [0.2, 0.25) is 0 Å². The van der Waals surface area contributed by atoms with Gasteiger partial charge in [0.25, 0.3) is 0 Å². The molecule has 4 heteroatoms. The molecule has 72 valence electrons. The van der Waals surface area contributed by atoms with Crippen LogP contribution >= 0.6 is 11.8 Å². The fraction of sp³-hybridized carbons (Fsp3) is 0.875. The van der Waals surface area contributed by atoms with Gasteiger partial charge in [0.15, 0.2) is 0 Å². The number of hydrogen-bond acceptors (Lipinski definition) is 4. The Morgan fingerprint density at radius 1 is 1.42 bits per heavy atom. The van der Waals surface area contributed by atoms with Crippen molar-refractivity contribution in [3.63, 3.8) is 0 Å². The molecule has 0 aromatic heterocycles. The maximum atomic E-state index is 10.6. The minimum Gasteiger partial charge on any atom is -0.469 e. The van der Waals surface area contributed by atoms with E-state index in [1.807, 2.05) is 11.8 Å². The molecule has 0 aromatic rings. The van der Waals surface area contributed by atoms with Crippen LogP contribution in [-0.4, -0.2) is 31.1 Å². The highest BCUT2D eigenvalue weighted by atomic mass is 32.2. The van der Waals surface area contributed by atoms with E-state index in [2.05, 4.69) is 4.74 Å². The van der Waals surface area contributed by atoms with Crippen molar-refractivity contribution in [1.82, 2.24) is 0 Å². The van der Waals surface area contributed by atoms with Crippen LogP contribution in [0, 0.1) is 0 Å². The summed E-state index contributed by atoms with van der Waals surface area (Å²) in [5, 5.41) is 0. The van der Waals surface area contributed by atoms with E-state index >= 15 is 0 Å². The van der Waals surface area contributed by atoms with E-state index < -0.39 is 0 Å². The second-order valence-electron chi connectivity index (χ2n) is 2.43. The number of thioether (sulfide) groups is 1. The van der Waals surface area contributed by atoms with Crippen molar-refractivity contribution < 1.29 is 9.53 Å². The van der Waals surface area contributed by atoms with Gasteiger partial charge in [-0.2, -0.15) is 11.8 Å². The zero-order chi connectivity index (χ0) is 9.23. The first-order valence-electron chi connectivity index (χ1n) is 4.16. The Morgan fingerprint density at radius 3 is 2.67 bits per heavy atom. The fourth-order valence-electron chi connectivity index (χ4n) is 0.708. The van der Waals surface area contributed by atoms with Gasteiger partial charge >= 0.3 is 5.97 Å². The summed E-state index contributed by atoms with van der Waals surface area (Å²) >= 11 is 1.84. The van der Waals surface area contributed by atoms with Crippen LogP contribution in [0.25, 0.3) is 0 Å². The lowest BCUT2D eigenvalue weighted by molar-refractivity contribution is -0.140. The monoisotopic (exact) mass is 191 g/mol. The molecule has 0 atom stereocenters. The molecular formula is C8H17NO2S. The fourth-order valence-corrected chi connectivity index (χ4v) is 1.63. The largest absolute Gasteiger partial charge is 0.469 e. The molecule has 0 rings (SSSR count). The molecule has 0 bridgehead atoms. The van der Waals surface area contributed by atoms with Gasteiger partial charge in [-0.1, -0.05) is 0 Å². The minimum atomic E-state index is -0.116. The summed E-state index contributed by atoms with van der Waals surface area (Å²) < 4.78 is 4.51. The predicted octanol–water partition coefficient (Wildman–Crippen LogP) is 1.02. The zero-order valence-electron chi connectivity index (χ0n) is 7.54. The molecule has 0 aliphatic heterocycles. The van der Waals surface area contributed by atoms with Crippen molar-refractivity contribution in [2.75, 3.05) is 25.2 Å². The molecule has 0 unspecified atom stereocenters. The van der Waals surface area contributed by atoms with Crippen molar-refractivity contribution in [2.24, 2.45) is 5.73 Å². The van der Waals surface area contributed by atoms with Crippen molar-refractivity contribution in [2.45, 2.75) is 19.3 Å². The standard InChI is InChI=1S/C8H17NO2S/c1-11-8(10)4-2-6-12-7-3-5-9/h2-7,9H2,1H3. The van der Waals surface area contributed by atoms with Crippen molar-refractivity contribution in [3.8, 4) is 0 Å². The van der Waals surface area contributed by atoms with Crippen LogP contribution in [0.15, 0.2) is 0 Å². The molecule has 0 saturated carbocycles. The molecule has 0 radical (unpaired) electrons. The SMILES string of the molecule is COC(=O)CCCSCCCN. The summed E-state index contributed by atoms with van der Waals surface area (Å²) in [6, 6.07) is 0. The normalized spacial score (nSPS) is 9.83. The molecule has 0 saturated heterocycles. The van der Waals surface area contributed by atoms with Crippen molar-refractivity contribution >= 4 is 17.7 Å². The average molecular weight is 191 g/mol. The average Bonchev–Trinajstić information content (AvgIpc) is 2.10. The lowest BCUT2D eigenvalue weighted by atomic mass is 10.3. The smallest absolute Gasteiger partial charge is 0.305 e. The summed E-state index contributed by atoms with van der Waals surface area (Å²) in [4.78, 5) is 10.6. The van der Waals surface area contributed by atoms with Gasteiger partial charge < -0.3 is 10.5 Å². The number of esters is 1. The summed E-state index contributed by atoms with van der Waals surface area (Å²) in [6.07, 6.45) is 2.50. The molecular weight excluding hydrogens is 174 g/mol. The first-order chi connectivity index (χ1) is 5.81. The van der Waals surface area contributed by atoms with Crippen LogP contribution in [0.5, 0.6) is 0 Å². The summed E-state index contributed by atoms with van der Waals surface area (Å²) in [5.74, 6) is 2.00. The maximum Gasteiger partial charge on any atom is 0.305 e. The van der Waals surface area contributed by atoms with Gasteiger partial charge in [0, 0.05) is 6.42 Å². The van der Waals surface area contributed by atoms with Gasteiger partial charge in [-0.3, -0.25) is 4.79 Å². The second-order valence-corrected chi connectivity index (χ2v) is 3.66. The number of carbonyl (C=O) groups excluding carboxylic acids is 1. The van der Waals surface area contributed by atoms with Crippen LogP contribution in [0.2, 0.25) is 0 Å². The Hall–Kier alpha value is -0.220.